The fourth-order valence-corrected chi connectivity index (χ4v) is 8.71. The molecule has 5 aromatic rings. The molecule has 5 amide bonds. The number of nitrogens with one attached hydrogen (secondary N) is 2. The second kappa shape index (κ2) is 18.6. The summed E-state index contributed by atoms with van der Waals surface area (Å²) in [6, 6.07) is 10.5. The number of aromatic nitrogens is 4. The number of fused-ring (bicyclic) bond motifs is 2. The molecule has 3 aliphatic heterocycles. The molecule has 0 saturated carbocycles. The first-order valence-corrected chi connectivity index (χ1v) is 21.5. The molecule has 0 radical (unpaired) electrons. The molecule has 17 nitrogen and oxygen atoms in total. The van der Waals surface area contributed by atoms with Crippen LogP contribution in [0.1, 0.15) is 66.7 Å². The molecule has 8 rings (SSSR count). The number of benzene rings is 2. The van der Waals surface area contributed by atoms with Crippen molar-refractivity contribution in [3.63, 3.8) is 0 Å². The molecule has 3 aliphatic rings. The number of pyridine rings is 2. The van der Waals surface area contributed by atoms with Gasteiger partial charge in [0.15, 0.2) is 11.5 Å². The monoisotopic (exact) mass is 903 g/mol. The normalized spacial score (nSPS) is 17.3. The maximum atomic E-state index is 16.7. The van der Waals surface area contributed by atoms with E-state index in [1.165, 1.54) is 33.7 Å². The van der Waals surface area contributed by atoms with Gasteiger partial charge in [0.1, 0.15) is 42.3 Å². The topological polar surface area (TPSA) is 198 Å². The summed E-state index contributed by atoms with van der Waals surface area (Å²) >= 11 is 0. The van der Waals surface area contributed by atoms with Gasteiger partial charge < -0.3 is 29.5 Å². The molecule has 2 aromatic carbocycles. The zero-order valence-electron chi connectivity index (χ0n) is 36.7. The smallest absolute Gasteiger partial charge is 0.355 e. The maximum Gasteiger partial charge on any atom is 0.355 e. The van der Waals surface area contributed by atoms with E-state index in [2.05, 4.69) is 27.2 Å². The summed E-state index contributed by atoms with van der Waals surface area (Å²) in [6.07, 6.45) is 3.16. The Morgan fingerprint density at radius 2 is 1.80 bits per heavy atom. The predicted molar refractivity (Wildman–Crippen MR) is 238 cm³/mol. The average Bonchev–Trinajstić information content (AvgIpc) is 3.62. The number of imide groups is 1. The summed E-state index contributed by atoms with van der Waals surface area (Å²) in [5.41, 5.74) is 1.38. The molecule has 1 unspecified atom stereocenters. The minimum atomic E-state index is -0.923. The fourth-order valence-electron chi connectivity index (χ4n) is 8.71. The van der Waals surface area contributed by atoms with Crippen LogP contribution in [-0.4, -0.2) is 110 Å². The van der Waals surface area contributed by atoms with Crippen molar-refractivity contribution in [3.05, 3.63) is 112 Å². The van der Waals surface area contributed by atoms with E-state index in [1.54, 1.807) is 42.3 Å². The third-order valence-electron chi connectivity index (χ3n) is 11.9. The number of nitrogens with zero attached hydrogens (tertiary/aromatic N) is 7. The number of piperidine rings is 1. The van der Waals surface area contributed by atoms with Gasteiger partial charge in [-0.2, -0.15) is 4.98 Å². The van der Waals surface area contributed by atoms with Crippen LogP contribution < -0.4 is 26.0 Å². The van der Waals surface area contributed by atoms with Crippen LogP contribution in [0, 0.1) is 18.6 Å². The summed E-state index contributed by atoms with van der Waals surface area (Å²) < 4.78 is 45.5. The lowest BCUT2D eigenvalue weighted by Gasteiger charge is -2.40. The van der Waals surface area contributed by atoms with Crippen molar-refractivity contribution in [2.75, 3.05) is 49.7 Å². The van der Waals surface area contributed by atoms with Crippen LogP contribution in [-0.2, 0) is 30.5 Å². The Bertz CT molecular complexity index is 2890. The van der Waals surface area contributed by atoms with Gasteiger partial charge in [0.05, 0.1) is 28.9 Å². The van der Waals surface area contributed by atoms with Gasteiger partial charge in [-0.15, -0.1) is 0 Å². The Hall–Kier alpha value is -7.41. The Labute approximate surface area is 377 Å². The summed E-state index contributed by atoms with van der Waals surface area (Å²) in [7, 11) is 0. The first-order chi connectivity index (χ1) is 31.7. The van der Waals surface area contributed by atoms with Crippen molar-refractivity contribution in [2.24, 2.45) is 0 Å². The van der Waals surface area contributed by atoms with Crippen molar-refractivity contribution in [2.45, 2.75) is 65.1 Å². The molecule has 0 spiro atoms. The lowest BCUT2D eigenvalue weighted by atomic mass is 10.0. The Kier molecular flexibility index (Phi) is 12.7. The lowest BCUT2D eigenvalue weighted by molar-refractivity contribution is -0.137. The number of amides is 5. The van der Waals surface area contributed by atoms with E-state index >= 15 is 8.78 Å². The molecule has 2 atom stereocenters. The number of hydrogen-bond acceptors (Lipinski definition) is 12. The number of carbonyl (C=O) groups is 5. The summed E-state index contributed by atoms with van der Waals surface area (Å²) in [6.45, 7) is 11.2. The molecule has 6 heterocycles. The highest BCUT2D eigenvalue weighted by Gasteiger charge is 2.40. The predicted octanol–water partition coefficient (Wildman–Crippen LogP) is 4.57. The van der Waals surface area contributed by atoms with E-state index in [0.717, 1.165) is 6.07 Å². The van der Waals surface area contributed by atoms with Gasteiger partial charge in [0.2, 0.25) is 23.6 Å². The van der Waals surface area contributed by atoms with E-state index in [1.807, 2.05) is 25.7 Å². The molecule has 2 saturated heterocycles. The van der Waals surface area contributed by atoms with E-state index in [0.29, 0.717) is 46.8 Å². The third kappa shape index (κ3) is 8.60. The minimum Gasteiger partial charge on any atom is -0.490 e. The number of anilines is 2. The van der Waals surface area contributed by atoms with Crippen molar-refractivity contribution in [1.82, 2.24) is 34.6 Å². The van der Waals surface area contributed by atoms with Gasteiger partial charge >= 0.3 is 5.69 Å². The molecule has 2 fully saturated rings. The van der Waals surface area contributed by atoms with Crippen LogP contribution in [0.15, 0.2) is 72.2 Å². The molecule has 2 N–H and O–H groups in total. The highest BCUT2D eigenvalue weighted by molar-refractivity contribution is 6.07. The minimum absolute atomic E-state index is 0.00291. The number of carbonyl (C=O) groups excluding carboxylic acids is 5. The third-order valence-corrected chi connectivity index (χ3v) is 11.9. The van der Waals surface area contributed by atoms with E-state index < -0.39 is 53.4 Å². The van der Waals surface area contributed by atoms with Crippen LogP contribution in [0.3, 0.4) is 0 Å². The Morgan fingerprint density at radius 3 is 2.55 bits per heavy atom. The largest absolute Gasteiger partial charge is 0.490 e. The molecular weight excluding hydrogens is 857 g/mol. The number of halogens is 2. The van der Waals surface area contributed by atoms with Gasteiger partial charge in [-0.05, 0) is 74.2 Å². The number of rotatable bonds is 13. The number of hydrogen-bond donors (Lipinski definition) is 2. The van der Waals surface area contributed by atoms with E-state index in [9.17, 15) is 28.8 Å². The highest BCUT2D eigenvalue weighted by Crippen LogP contribution is 2.38. The van der Waals surface area contributed by atoms with Gasteiger partial charge in [-0.1, -0.05) is 32.6 Å². The van der Waals surface area contributed by atoms with Crippen LogP contribution >= 0.6 is 0 Å². The van der Waals surface area contributed by atoms with Crippen LogP contribution in [0.4, 0.5) is 20.3 Å². The first-order valence-electron chi connectivity index (χ1n) is 21.5. The lowest BCUT2D eigenvalue weighted by Crippen LogP contribution is -2.54. The Balaban J connectivity index is 1.03. The molecule has 342 valence electrons. The van der Waals surface area contributed by atoms with Gasteiger partial charge in [0, 0.05) is 61.7 Å². The van der Waals surface area contributed by atoms with Gasteiger partial charge in [-0.25, -0.2) is 23.1 Å². The zero-order valence-corrected chi connectivity index (χ0v) is 36.7. The van der Waals surface area contributed by atoms with Gasteiger partial charge in [-0.3, -0.25) is 34.3 Å². The molecular formula is C47H47F2N9O8. The molecule has 19 heteroatoms. The van der Waals surface area contributed by atoms with Crippen molar-refractivity contribution in [3.8, 4) is 22.7 Å². The number of piperazine rings is 1. The van der Waals surface area contributed by atoms with E-state index in [-0.39, 0.29) is 91.1 Å². The molecule has 3 aromatic heterocycles. The molecule has 0 aliphatic carbocycles. The standard InChI is InChI=1S/C47H47F2N9O8/c1-6-38(61)55-17-18-56(27(5)22-55)43-29-21-32(49)41(53-44(29)58(47(64)54-43)42-26(4)15-16-50-40(42)25(2)3)39-31(48)10-8-12-35(39)66-20-19-65-24-37(60)51-33-11-7-9-28-30(33)23-57(46(28)63)34-13-14-36(59)52-45(34)62/h6-12,15-16,21,25,27,34H,1,13-14,17-20,22-24H2,2-5H3,(H,51,60)(H,52,59,62)/t27-,34?/m0/s1. The molecule has 66 heavy (non-hydrogen) atoms. The number of aryl methyl sites for hydroxylation is 1. The van der Waals surface area contributed by atoms with Crippen molar-refractivity contribution >= 4 is 52.1 Å². The summed E-state index contributed by atoms with van der Waals surface area (Å²) in [4.78, 5) is 95.8. The molecule has 0 bridgehead atoms. The van der Waals surface area contributed by atoms with Crippen molar-refractivity contribution in [1.29, 1.82) is 0 Å². The second-order valence-electron chi connectivity index (χ2n) is 16.6. The fraction of sp³-hybridized carbons (Fsp3) is 0.340. The number of ether oxygens (including phenoxy) is 2. The summed E-state index contributed by atoms with van der Waals surface area (Å²) in [5, 5.41) is 5.19. The quantitative estimate of drug-likeness (QED) is 0.0950. The second-order valence-corrected chi connectivity index (χ2v) is 16.6. The Morgan fingerprint density at radius 1 is 1.02 bits per heavy atom. The first kappa shape index (κ1) is 45.2. The van der Waals surface area contributed by atoms with Crippen LogP contribution in [0.25, 0.3) is 28.0 Å². The van der Waals surface area contributed by atoms with Crippen molar-refractivity contribution < 1.29 is 42.2 Å². The zero-order chi connectivity index (χ0) is 47.0. The van der Waals surface area contributed by atoms with Crippen LogP contribution in [0.2, 0.25) is 0 Å². The SMILES string of the molecule is C=CC(=O)N1CCN(c2nc(=O)n(-c3c(C)ccnc3C(C)C)c3nc(-c4c(F)cccc4OCCOCC(=O)Nc4cccc5c4CN(C4CCC(=O)NC4=O)C5=O)c(F)cc23)[C@@H](C)C1. The van der Waals surface area contributed by atoms with Gasteiger partial charge in [0.25, 0.3) is 5.91 Å². The highest BCUT2D eigenvalue weighted by atomic mass is 19.1. The van der Waals surface area contributed by atoms with Crippen LogP contribution in [0.5, 0.6) is 5.75 Å². The average molecular weight is 904 g/mol. The van der Waals surface area contributed by atoms with E-state index in [4.69, 9.17) is 14.5 Å². The summed E-state index contributed by atoms with van der Waals surface area (Å²) in [5.74, 6) is -3.99. The maximum absolute atomic E-state index is 16.7.